The Labute approximate surface area is 170 Å². The Morgan fingerprint density at radius 1 is 1.14 bits per heavy atom. The molecule has 0 radical (unpaired) electrons. The maximum Gasteiger partial charge on any atom is 0.253 e. The fourth-order valence-corrected chi connectivity index (χ4v) is 3.81. The second-order valence-electron chi connectivity index (χ2n) is 7.75. The lowest BCUT2D eigenvalue weighted by Crippen LogP contribution is -2.39. The van der Waals surface area contributed by atoms with Crippen molar-refractivity contribution in [3.8, 4) is 11.3 Å². The van der Waals surface area contributed by atoms with Gasteiger partial charge in [0.15, 0.2) is 0 Å². The first-order chi connectivity index (χ1) is 14.0. The van der Waals surface area contributed by atoms with E-state index in [4.69, 9.17) is 0 Å². The third kappa shape index (κ3) is 4.16. The maximum atomic E-state index is 13.1. The summed E-state index contributed by atoms with van der Waals surface area (Å²) in [5.41, 5.74) is 4.69. The fourth-order valence-electron chi connectivity index (χ4n) is 3.81. The molecule has 0 unspecified atom stereocenters. The lowest BCUT2D eigenvalue weighted by Gasteiger charge is -2.32. The van der Waals surface area contributed by atoms with E-state index >= 15 is 0 Å². The molecule has 2 aromatic carbocycles. The zero-order valence-electron chi connectivity index (χ0n) is 16.7. The topological polar surface area (TPSA) is 52.2 Å². The van der Waals surface area contributed by atoms with Crippen LogP contribution in [0.25, 0.3) is 11.3 Å². The van der Waals surface area contributed by atoms with E-state index in [0.29, 0.717) is 12.1 Å². The van der Waals surface area contributed by atoms with E-state index in [-0.39, 0.29) is 17.6 Å². The van der Waals surface area contributed by atoms with Gasteiger partial charge in [-0.05, 0) is 55.3 Å². The molecule has 1 N–H and O–H groups in total. The number of aromatic amines is 1. The van der Waals surface area contributed by atoms with Crippen LogP contribution in [0.3, 0.4) is 0 Å². The number of carbonyl (C=O) groups is 1. The van der Waals surface area contributed by atoms with Crippen molar-refractivity contribution in [3.05, 3.63) is 71.7 Å². The van der Waals surface area contributed by atoms with E-state index in [9.17, 15) is 9.18 Å². The minimum absolute atomic E-state index is 0.0475. The number of H-pyrrole nitrogens is 1. The summed E-state index contributed by atoms with van der Waals surface area (Å²) in [6.07, 6.45) is 1.94. The number of hydrogen-bond donors (Lipinski definition) is 1. The van der Waals surface area contributed by atoms with Crippen LogP contribution >= 0.6 is 0 Å². The number of benzene rings is 2. The van der Waals surface area contributed by atoms with Crippen LogP contribution in [-0.2, 0) is 0 Å². The van der Waals surface area contributed by atoms with Gasteiger partial charge in [-0.25, -0.2) is 4.39 Å². The second-order valence-corrected chi connectivity index (χ2v) is 7.75. The Balaban J connectivity index is 1.47. The SMILES string of the molecule is CN(C)c1ccc(-c2cc([C@H]3CCCN(C(=O)c4ccc(F)cc4)C3)[nH]n2)cc1. The standard InChI is InChI=1S/C23H25FN4O/c1-27(2)20-11-7-16(8-12-20)21-14-22(26-25-21)18-4-3-13-28(15-18)23(29)17-5-9-19(24)10-6-17/h5-12,14,18H,3-4,13,15H2,1-2H3,(H,25,26)/t18-/m0/s1. The normalized spacial score (nSPS) is 16.7. The van der Waals surface area contributed by atoms with Crippen LogP contribution in [0.2, 0.25) is 0 Å². The van der Waals surface area contributed by atoms with Crippen molar-refractivity contribution < 1.29 is 9.18 Å². The number of anilines is 1. The molecule has 1 fully saturated rings. The zero-order chi connectivity index (χ0) is 20.4. The van der Waals surface area contributed by atoms with Crippen LogP contribution in [0.5, 0.6) is 0 Å². The fraction of sp³-hybridized carbons (Fsp3) is 0.304. The predicted octanol–water partition coefficient (Wildman–Crippen LogP) is 4.30. The molecule has 0 aliphatic carbocycles. The van der Waals surface area contributed by atoms with Gasteiger partial charge in [-0.1, -0.05) is 12.1 Å². The number of halogens is 1. The van der Waals surface area contributed by atoms with Crippen molar-refractivity contribution in [1.29, 1.82) is 0 Å². The lowest BCUT2D eigenvalue weighted by molar-refractivity contribution is 0.0706. The van der Waals surface area contributed by atoms with Crippen molar-refractivity contribution in [3.63, 3.8) is 0 Å². The van der Waals surface area contributed by atoms with E-state index < -0.39 is 0 Å². The van der Waals surface area contributed by atoms with Crippen LogP contribution in [0.1, 0.15) is 34.8 Å². The van der Waals surface area contributed by atoms with E-state index in [0.717, 1.165) is 42.0 Å². The van der Waals surface area contributed by atoms with Crippen molar-refractivity contribution in [2.75, 3.05) is 32.1 Å². The van der Waals surface area contributed by atoms with E-state index in [1.165, 1.54) is 12.1 Å². The first-order valence-corrected chi connectivity index (χ1v) is 9.89. The number of likely N-dealkylation sites (tertiary alicyclic amines) is 1. The van der Waals surface area contributed by atoms with Gasteiger partial charge in [-0.15, -0.1) is 0 Å². The van der Waals surface area contributed by atoms with Gasteiger partial charge in [-0.3, -0.25) is 9.89 Å². The van der Waals surface area contributed by atoms with Gasteiger partial charge < -0.3 is 9.80 Å². The molecule has 1 aliphatic heterocycles. The van der Waals surface area contributed by atoms with E-state index in [2.05, 4.69) is 45.4 Å². The highest BCUT2D eigenvalue weighted by molar-refractivity contribution is 5.94. The average molecular weight is 392 g/mol. The summed E-state index contributed by atoms with van der Waals surface area (Å²) in [6.45, 7) is 1.36. The van der Waals surface area contributed by atoms with Crippen LogP contribution in [0.4, 0.5) is 10.1 Å². The van der Waals surface area contributed by atoms with Gasteiger partial charge in [0.05, 0.1) is 5.69 Å². The molecule has 150 valence electrons. The van der Waals surface area contributed by atoms with Gasteiger partial charge in [-0.2, -0.15) is 5.10 Å². The summed E-state index contributed by atoms with van der Waals surface area (Å²) in [7, 11) is 4.04. The summed E-state index contributed by atoms with van der Waals surface area (Å²) in [6, 6.07) is 16.1. The molecular formula is C23H25FN4O. The van der Waals surface area contributed by atoms with Gasteiger partial charge in [0, 0.05) is 55.6 Å². The van der Waals surface area contributed by atoms with Crippen LogP contribution < -0.4 is 4.90 Å². The summed E-state index contributed by atoms with van der Waals surface area (Å²) >= 11 is 0. The van der Waals surface area contributed by atoms with Crippen molar-refractivity contribution in [2.45, 2.75) is 18.8 Å². The number of hydrogen-bond acceptors (Lipinski definition) is 3. The monoisotopic (exact) mass is 392 g/mol. The number of carbonyl (C=O) groups excluding carboxylic acids is 1. The first kappa shape index (κ1) is 19.2. The molecule has 6 heteroatoms. The van der Waals surface area contributed by atoms with Crippen molar-refractivity contribution >= 4 is 11.6 Å². The Kier molecular flexibility index (Phi) is 5.34. The van der Waals surface area contributed by atoms with Gasteiger partial charge in [0.25, 0.3) is 5.91 Å². The number of aromatic nitrogens is 2. The highest BCUT2D eigenvalue weighted by atomic mass is 19.1. The van der Waals surface area contributed by atoms with Crippen molar-refractivity contribution in [2.24, 2.45) is 0 Å². The summed E-state index contributed by atoms with van der Waals surface area (Å²) in [5, 5.41) is 7.66. The largest absolute Gasteiger partial charge is 0.378 e. The third-order valence-corrected chi connectivity index (χ3v) is 5.52. The van der Waals surface area contributed by atoms with Gasteiger partial charge >= 0.3 is 0 Å². The quantitative estimate of drug-likeness (QED) is 0.720. The third-order valence-electron chi connectivity index (χ3n) is 5.52. The predicted molar refractivity (Wildman–Crippen MR) is 113 cm³/mol. The summed E-state index contributed by atoms with van der Waals surface area (Å²) in [5.74, 6) is -0.161. The molecule has 29 heavy (non-hydrogen) atoms. The minimum atomic E-state index is -0.332. The molecule has 1 amide bonds. The lowest BCUT2D eigenvalue weighted by atomic mass is 9.94. The maximum absolute atomic E-state index is 13.1. The number of amides is 1. The minimum Gasteiger partial charge on any atom is -0.378 e. The van der Waals surface area contributed by atoms with Crippen LogP contribution in [-0.4, -0.2) is 48.2 Å². The van der Waals surface area contributed by atoms with E-state index in [1.807, 2.05) is 19.0 Å². The van der Waals surface area contributed by atoms with Gasteiger partial charge in [0.2, 0.25) is 0 Å². The molecule has 1 aliphatic rings. The number of piperidine rings is 1. The number of nitrogens with one attached hydrogen (secondary N) is 1. The first-order valence-electron chi connectivity index (χ1n) is 9.89. The second kappa shape index (κ2) is 8.07. The molecule has 2 heterocycles. The molecule has 1 saturated heterocycles. The Morgan fingerprint density at radius 2 is 1.86 bits per heavy atom. The Bertz CT molecular complexity index is 979. The zero-order valence-corrected chi connectivity index (χ0v) is 16.7. The average Bonchev–Trinajstić information content (AvgIpc) is 3.24. The smallest absolute Gasteiger partial charge is 0.253 e. The molecule has 0 saturated carbocycles. The number of rotatable bonds is 4. The summed E-state index contributed by atoms with van der Waals surface area (Å²) in [4.78, 5) is 16.7. The molecule has 1 aromatic heterocycles. The van der Waals surface area contributed by atoms with E-state index in [1.54, 1.807) is 12.1 Å². The highest BCUT2D eigenvalue weighted by Crippen LogP contribution is 2.29. The molecule has 0 bridgehead atoms. The Morgan fingerprint density at radius 3 is 2.55 bits per heavy atom. The highest BCUT2D eigenvalue weighted by Gasteiger charge is 2.26. The molecule has 3 aromatic rings. The van der Waals surface area contributed by atoms with Crippen LogP contribution in [0.15, 0.2) is 54.6 Å². The van der Waals surface area contributed by atoms with Crippen LogP contribution in [0, 0.1) is 5.82 Å². The Hall–Kier alpha value is -3.15. The molecule has 0 spiro atoms. The molecule has 4 rings (SSSR count). The summed E-state index contributed by atoms with van der Waals surface area (Å²) < 4.78 is 13.1. The van der Waals surface area contributed by atoms with Crippen molar-refractivity contribution in [1.82, 2.24) is 15.1 Å². The molecule has 5 nitrogen and oxygen atoms in total. The molecular weight excluding hydrogens is 367 g/mol. The number of nitrogens with zero attached hydrogens (tertiary/aromatic N) is 3. The molecule has 1 atom stereocenters. The van der Waals surface area contributed by atoms with Gasteiger partial charge in [0.1, 0.15) is 5.82 Å².